The van der Waals surface area contributed by atoms with Crippen molar-refractivity contribution < 1.29 is 0 Å². The Morgan fingerprint density at radius 2 is 2.43 bits per heavy atom. The summed E-state index contributed by atoms with van der Waals surface area (Å²) < 4.78 is 2.04. The van der Waals surface area contributed by atoms with E-state index in [2.05, 4.69) is 11.5 Å². The number of rotatable bonds is 2. The highest BCUT2D eigenvalue weighted by Crippen LogP contribution is 2.36. The van der Waals surface area contributed by atoms with Crippen LogP contribution in [0.3, 0.4) is 0 Å². The fourth-order valence-corrected chi connectivity index (χ4v) is 2.67. The van der Waals surface area contributed by atoms with Gasteiger partial charge < -0.3 is 9.88 Å². The van der Waals surface area contributed by atoms with E-state index in [1.807, 2.05) is 18.7 Å². The maximum absolute atomic E-state index is 6.23. The monoisotopic (exact) mass is 212 g/mol. The van der Waals surface area contributed by atoms with Crippen molar-refractivity contribution in [2.45, 2.75) is 25.2 Å². The summed E-state index contributed by atoms with van der Waals surface area (Å²) in [5.41, 5.74) is 2.83. The first-order chi connectivity index (χ1) is 6.74. The molecule has 1 atom stereocenters. The van der Waals surface area contributed by atoms with Crippen LogP contribution in [0.15, 0.2) is 6.20 Å². The van der Waals surface area contributed by atoms with E-state index in [0.29, 0.717) is 5.92 Å². The van der Waals surface area contributed by atoms with Crippen LogP contribution < -0.4 is 5.32 Å². The molecule has 0 aliphatic heterocycles. The lowest BCUT2D eigenvalue weighted by Crippen LogP contribution is -2.20. The number of aryl methyl sites for hydroxylation is 1. The summed E-state index contributed by atoms with van der Waals surface area (Å²) in [5.74, 6) is 0.655. The van der Waals surface area contributed by atoms with Crippen LogP contribution in [0, 0.1) is 0 Å². The van der Waals surface area contributed by atoms with Crippen molar-refractivity contribution in [3.63, 3.8) is 0 Å². The van der Waals surface area contributed by atoms with E-state index in [1.165, 1.54) is 24.0 Å². The predicted molar refractivity (Wildman–Crippen MR) is 60.0 cm³/mol. The van der Waals surface area contributed by atoms with E-state index >= 15 is 0 Å². The van der Waals surface area contributed by atoms with Gasteiger partial charge in [0.15, 0.2) is 0 Å². The minimum Gasteiger partial charge on any atom is -0.341 e. The molecule has 1 aromatic rings. The molecule has 1 aromatic heterocycles. The van der Waals surface area contributed by atoms with E-state index < -0.39 is 0 Å². The van der Waals surface area contributed by atoms with Crippen LogP contribution in [0.5, 0.6) is 0 Å². The molecule has 0 saturated heterocycles. The highest BCUT2D eigenvalue weighted by atomic mass is 35.5. The second-order valence-corrected chi connectivity index (χ2v) is 4.47. The van der Waals surface area contributed by atoms with Gasteiger partial charge in [0, 0.05) is 19.8 Å². The molecule has 0 aromatic carbocycles. The van der Waals surface area contributed by atoms with Gasteiger partial charge in [0.1, 0.15) is 5.15 Å². The summed E-state index contributed by atoms with van der Waals surface area (Å²) in [6, 6.07) is 0. The molecule has 0 bridgehead atoms. The first-order valence-electron chi connectivity index (χ1n) is 5.22. The molecule has 14 heavy (non-hydrogen) atoms. The Balaban J connectivity index is 2.34. The summed E-state index contributed by atoms with van der Waals surface area (Å²) in [4.78, 5) is 0. The number of halogens is 1. The van der Waals surface area contributed by atoms with Gasteiger partial charge in [0.25, 0.3) is 0 Å². The molecular weight excluding hydrogens is 196 g/mol. The number of hydrogen-bond acceptors (Lipinski definition) is 1. The molecular formula is C11H17ClN2. The smallest absolute Gasteiger partial charge is 0.112 e. The number of aromatic nitrogens is 1. The molecule has 1 aliphatic rings. The van der Waals surface area contributed by atoms with Gasteiger partial charge in [-0.1, -0.05) is 11.6 Å². The molecule has 1 N–H and O–H groups in total. The van der Waals surface area contributed by atoms with Gasteiger partial charge in [-0.3, -0.25) is 0 Å². The molecule has 1 unspecified atom stereocenters. The van der Waals surface area contributed by atoms with E-state index in [4.69, 9.17) is 11.6 Å². The average Bonchev–Trinajstić information content (AvgIpc) is 2.46. The van der Waals surface area contributed by atoms with Crippen molar-refractivity contribution in [3.05, 3.63) is 22.5 Å². The Kier molecular flexibility index (Phi) is 2.84. The Morgan fingerprint density at radius 3 is 3.14 bits per heavy atom. The Labute approximate surface area is 90.3 Å². The maximum atomic E-state index is 6.23. The van der Waals surface area contributed by atoms with E-state index in [0.717, 1.165) is 18.1 Å². The normalized spacial score (nSPS) is 20.9. The van der Waals surface area contributed by atoms with Crippen molar-refractivity contribution in [2.75, 3.05) is 13.6 Å². The Bertz CT molecular complexity index is 330. The molecule has 1 heterocycles. The zero-order valence-corrected chi connectivity index (χ0v) is 9.56. The molecule has 78 valence electrons. The van der Waals surface area contributed by atoms with Crippen molar-refractivity contribution in [2.24, 2.45) is 7.05 Å². The molecule has 3 heteroatoms. The third kappa shape index (κ3) is 1.57. The van der Waals surface area contributed by atoms with Crippen LogP contribution in [0.2, 0.25) is 5.15 Å². The highest BCUT2D eigenvalue weighted by Gasteiger charge is 2.23. The minimum atomic E-state index is 0.655. The Morgan fingerprint density at radius 1 is 1.64 bits per heavy atom. The number of fused-ring (bicyclic) bond motifs is 1. The molecule has 0 radical (unpaired) electrons. The van der Waals surface area contributed by atoms with Gasteiger partial charge >= 0.3 is 0 Å². The minimum absolute atomic E-state index is 0.655. The topological polar surface area (TPSA) is 17.0 Å². The molecule has 2 nitrogen and oxygen atoms in total. The van der Waals surface area contributed by atoms with Crippen molar-refractivity contribution in [1.29, 1.82) is 0 Å². The van der Waals surface area contributed by atoms with Crippen LogP contribution in [-0.4, -0.2) is 18.2 Å². The Hall–Kier alpha value is -0.470. The predicted octanol–water partition coefficient (Wildman–Crippen LogP) is 2.32. The summed E-state index contributed by atoms with van der Waals surface area (Å²) in [5, 5.41) is 4.19. The average molecular weight is 213 g/mol. The maximum Gasteiger partial charge on any atom is 0.112 e. The lowest BCUT2D eigenvalue weighted by molar-refractivity contribution is 0.531. The van der Waals surface area contributed by atoms with E-state index in [9.17, 15) is 0 Å². The van der Waals surface area contributed by atoms with Crippen LogP contribution in [0.25, 0.3) is 0 Å². The van der Waals surface area contributed by atoms with Gasteiger partial charge in [0.2, 0.25) is 0 Å². The lowest BCUT2D eigenvalue weighted by Gasteiger charge is -2.22. The zero-order chi connectivity index (χ0) is 10.1. The SMILES string of the molecule is CNCC1CCCc2c1cn(C)c2Cl. The summed E-state index contributed by atoms with van der Waals surface area (Å²) in [7, 11) is 4.04. The molecule has 1 aliphatic carbocycles. The highest BCUT2D eigenvalue weighted by molar-refractivity contribution is 6.30. The summed E-state index contributed by atoms with van der Waals surface area (Å²) >= 11 is 6.23. The lowest BCUT2D eigenvalue weighted by atomic mass is 9.85. The van der Waals surface area contributed by atoms with E-state index in [-0.39, 0.29) is 0 Å². The van der Waals surface area contributed by atoms with Crippen LogP contribution in [0.1, 0.15) is 29.9 Å². The van der Waals surface area contributed by atoms with E-state index in [1.54, 1.807) is 0 Å². The fraction of sp³-hybridized carbons (Fsp3) is 0.636. The van der Waals surface area contributed by atoms with Crippen LogP contribution in [-0.2, 0) is 13.5 Å². The summed E-state index contributed by atoms with van der Waals surface area (Å²) in [6.45, 7) is 1.06. The van der Waals surface area contributed by atoms with Crippen LogP contribution >= 0.6 is 11.6 Å². The number of nitrogens with one attached hydrogen (secondary N) is 1. The molecule has 0 fully saturated rings. The number of likely N-dealkylation sites (N-methyl/N-ethyl adjacent to an activating group) is 1. The van der Waals surface area contributed by atoms with Gasteiger partial charge in [-0.25, -0.2) is 0 Å². The second kappa shape index (κ2) is 3.95. The van der Waals surface area contributed by atoms with Gasteiger partial charge in [-0.2, -0.15) is 0 Å². The molecule has 0 spiro atoms. The van der Waals surface area contributed by atoms with Gasteiger partial charge in [-0.05, 0) is 43.4 Å². The quantitative estimate of drug-likeness (QED) is 0.796. The third-order valence-electron chi connectivity index (χ3n) is 3.11. The van der Waals surface area contributed by atoms with Crippen molar-refractivity contribution in [1.82, 2.24) is 9.88 Å². The largest absolute Gasteiger partial charge is 0.341 e. The number of nitrogens with zero attached hydrogens (tertiary/aromatic N) is 1. The van der Waals surface area contributed by atoms with Crippen molar-refractivity contribution in [3.8, 4) is 0 Å². The van der Waals surface area contributed by atoms with Crippen molar-refractivity contribution >= 4 is 11.6 Å². The zero-order valence-electron chi connectivity index (χ0n) is 8.81. The standard InChI is InChI=1S/C11H17ClN2/c1-13-6-8-4-3-5-9-10(8)7-14(2)11(9)12/h7-8,13H,3-6H2,1-2H3. The molecule has 0 saturated carbocycles. The van der Waals surface area contributed by atoms with Gasteiger partial charge in [-0.15, -0.1) is 0 Å². The third-order valence-corrected chi connectivity index (χ3v) is 3.60. The summed E-state index contributed by atoms with van der Waals surface area (Å²) in [6.07, 6.45) is 5.89. The first kappa shape index (κ1) is 10.1. The molecule has 0 amide bonds. The molecule has 2 rings (SSSR count). The second-order valence-electron chi connectivity index (χ2n) is 4.11. The number of hydrogen-bond donors (Lipinski definition) is 1. The fourth-order valence-electron chi connectivity index (χ4n) is 2.41. The van der Waals surface area contributed by atoms with Gasteiger partial charge in [0.05, 0.1) is 0 Å². The first-order valence-corrected chi connectivity index (χ1v) is 5.60. The van der Waals surface area contributed by atoms with Crippen LogP contribution in [0.4, 0.5) is 0 Å².